The van der Waals surface area contributed by atoms with Gasteiger partial charge in [-0.3, -0.25) is 4.79 Å². The van der Waals surface area contributed by atoms with E-state index in [2.05, 4.69) is 4.74 Å². The fourth-order valence-corrected chi connectivity index (χ4v) is 1.76. The normalized spacial score (nSPS) is 10.8. The van der Waals surface area contributed by atoms with Crippen molar-refractivity contribution in [2.45, 2.75) is 6.36 Å². The van der Waals surface area contributed by atoms with Crippen molar-refractivity contribution in [3.8, 4) is 17.6 Å². The van der Waals surface area contributed by atoms with Gasteiger partial charge in [-0.2, -0.15) is 5.26 Å². The Labute approximate surface area is 123 Å². The highest BCUT2D eigenvalue weighted by Crippen LogP contribution is 2.32. The van der Waals surface area contributed by atoms with Crippen molar-refractivity contribution in [2.75, 3.05) is 0 Å². The van der Waals surface area contributed by atoms with Crippen LogP contribution in [0.5, 0.6) is 11.5 Å². The van der Waals surface area contributed by atoms with E-state index in [0.717, 1.165) is 12.1 Å². The molecule has 2 aromatic carbocycles. The Balaban J connectivity index is 2.38. The first-order valence-electron chi connectivity index (χ1n) is 5.94. The van der Waals surface area contributed by atoms with E-state index in [0.29, 0.717) is 0 Å². The Morgan fingerprint density at radius 2 is 1.82 bits per heavy atom. The summed E-state index contributed by atoms with van der Waals surface area (Å²) in [5, 5.41) is 18.1. The Morgan fingerprint density at radius 3 is 2.45 bits per heavy atom. The van der Waals surface area contributed by atoms with Crippen molar-refractivity contribution in [1.29, 1.82) is 5.26 Å². The van der Waals surface area contributed by atoms with Crippen LogP contribution in [0.2, 0.25) is 0 Å². The van der Waals surface area contributed by atoms with Gasteiger partial charge in [0.1, 0.15) is 0 Å². The number of nitriles is 1. The monoisotopic (exact) mass is 307 g/mol. The summed E-state index contributed by atoms with van der Waals surface area (Å²) in [6.07, 6.45) is -4.99. The molecule has 7 heteroatoms. The Kier molecular flexibility index (Phi) is 4.04. The number of carbonyl (C=O) groups is 1. The number of hydrogen-bond acceptors (Lipinski definition) is 4. The van der Waals surface area contributed by atoms with Crippen molar-refractivity contribution in [3.05, 3.63) is 59.2 Å². The lowest BCUT2D eigenvalue weighted by atomic mass is 10.0. The van der Waals surface area contributed by atoms with Gasteiger partial charge in [-0.1, -0.05) is 12.1 Å². The fraction of sp³-hybridized carbons (Fsp3) is 0.0667. The van der Waals surface area contributed by atoms with Crippen molar-refractivity contribution in [2.24, 2.45) is 0 Å². The van der Waals surface area contributed by atoms with Gasteiger partial charge in [-0.15, -0.1) is 13.2 Å². The molecule has 1 N–H and O–H groups in total. The van der Waals surface area contributed by atoms with Crippen LogP contribution < -0.4 is 4.74 Å². The molecule has 0 amide bonds. The second-order valence-corrected chi connectivity index (χ2v) is 4.25. The molecule has 0 spiro atoms. The second kappa shape index (κ2) is 5.77. The number of aromatic hydroxyl groups is 1. The molecule has 0 atom stereocenters. The van der Waals surface area contributed by atoms with E-state index in [1.807, 2.05) is 6.07 Å². The third-order valence-electron chi connectivity index (χ3n) is 2.70. The molecule has 0 aliphatic heterocycles. The molecule has 0 saturated carbocycles. The third kappa shape index (κ3) is 3.55. The van der Waals surface area contributed by atoms with E-state index in [4.69, 9.17) is 5.26 Å². The lowest BCUT2D eigenvalue weighted by Crippen LogP contribution is -2.17. The zero-order valence-corrected chi connectivity index (χ0v) is 10.9. The number of alkyl halides is 3. The Hall–Kier alpha value is -3.01. The average Bonchev–Trinajstić information content (AvgIpc) is 2.47. The second-order valence-electron chi connectivity index (χ2n) is 4.25. The van der Waals surface area contributed by atoms with Gasteiger partial charge in [0.2, 0.25) is 0 Å². The van der Waals surface area contributed by atoms with Gasteiger partial charge < -0.3 is 9.84 Å². The van der Waals surface area contributed by atoms with E-state index in [1.165, 1.54) is 30.3 Å². The van der Waals surface area contributed by atoms with E-state index >= 15 is 0 Å². The number of benzene rings is 2. The minimum atomic E-state index is -4.99. The van der Waals surface area contributed by atoms with Gasteiger partial charge in [0.25, 0.3) is 0 Å². The predicted octanol–water partition coefficient (Wildman–Crippen LogP) is 3.39. The predicted molar refractivity (Wildman–Crippen MR) is 69.4 cm³/mol. The van der Waals surface area contributed by atoms with Gasteiger partial charge in [-0.05, 0) is 30.3 Å². The first-order valence-corrected chi connectivity index (χ1v) is 5.94. The maximum absolute atomic E-state index is 12.2. The molecule has 22 heavy (non-hydrogen) atoms. The largest absolute Gasteiger partial charge is 0.573 e. The minimum absolute atomic E-state index is 0.105. The number of nitrogens with zero attached hydrogens (tertiary/aromatic N) is 1. The third-order valence-corrected chi connectivity index (χ3v) is 2.70. The molecule has 0 radical (unpaired) electrons. The summed E-state index contributed by atoms with van der Waals surface area (Å²) >= 11 is 0. The van der Waals surface area contributed by atoms with E-state index in [9.17, 15) is 23.1 Å². The molecule has 0 bridgehead atoms. The summed E-state index contributed by atoms with van der Waals surface area (Å²) in [5.74, 6) is -2.20. The highest BCUT2D eigenvalue weighted by molar-refractivity contribution is 6.09. The molecule has 112 valence electrons. The van der Waals surface area contributed by atoms with Crippen molar-refractivity contribution >= 4 is 5.78 Å². The number of carbonyl (C=O) groups excluding carboxylic acids is 1. The summed E-state index contributed by atoms with van der Waals surface area (Å²) in [6, 6.07) is 10.5. The van der Waals surface area contributed by atoms with Crippen molar-refractivity contribution < 1.29 is 27.8 Å². The zero-order valence-electron chi connectivity index (χ0n) is 10.9. The Morgan fingerprint density at radius 1 is 1.14 bits per heavy atom. The maximum Gasteiger partial charge on any atom is 0.573 e. The van der Waals surface area contributed by atoms with Crippen LogP contribution in [-0.2, 0) is 0 Å². The standard InChI is InChI=1S/C15H8F3NO3/c16-15(17,18)22-13-7-11(4-5-12(13)20)14(21)10-3-1-2-9(6-10)8-19/h1-7,20H. The maximum atomic E-state index is 12.2. The molecular weight excluding hydrogens is 299 g/mol. The number of phenolic OH excluding ortho intramolecular Hbond substituents is 1. The van der Waals surface area contributed by atoms with Crippen LogP contribution in [0.3, 0.4) is 0 Å². The number of ketones is 1. The van der Waals surface area contributed by atoms with Gasteiger partial charge in [0, 0.05) is 11.1 Å². The van der Waals surface area contributed by atoms with Crippen molar-refractivity contribution in [1.82, 2.24) is 0 Å². The van der Waals surface area contributed by atoms with Crippen LogP contribution in [0.4, 0.5) is 13.2 Å². The first kappa shape index (κ1) is 15.4. The Bertz CT molecular complexity index is 763. The van der Waals surface area contributed by atoms with Gasteiger partial charge in [0.15, 0.2) is 17.3 Å². The van der Waals surface area contributed by atoms with Crippen LogP contribution >= 0.6 is 0 Å². The SMILES string of the molecule is N#Cc1cccc(C(=O)c2ccc(O)c(OC(F)(F)F)c2)c1. The van der Waals surface area contributed by atoms with E-state index in [1.54, 1.807) is 0 Å². The molecule has 0 heterocycles. The number of halogens is 3. The lowest BCUT2D eigenvalue weighted by molar-refractivity contribution is -0.275. The molecule has 0 saturated heterocycles. The summed E-state index contributed by atoms with van der Waals surface area (Å²) in [6.45, 7) is 0. The zero-order chi connectivity index (χ0) is 16.3. The molecule has 2 rings (SSSR count). The van der Waals surface area contributed by atoms with Crippen LogP contribution in [0.15, 0.2) is 42.5 Å². The minimum Gasteiger partial charge on any atom is -0.504 e. The topological polar surface area (TPSA) is 70.3 Å². The number of phenols is 1. The molecule has 0 aliphatic carbocycles. The fourth-order valence-electron chi connectivity index (χ4n) is 1.76. The van der Waals surface area contributed by atoms with E-state index < -0.39 is 23.6 Å². The molecule has 0 aromatic heterocycles. The summed E-state index contributed by atoms with van der Waals surface area (Å²) in [4.78, 5) is 12.2. The van der Waals surface area contributed by atoms with E-state index in [-0.39, 0.29) is 16.7 Å². The van der Waals surface area contributed by atoms with Crippen molar-refractivity contribution in [3.63, 3.8) is 0 Å². The molecule has 4 nitrogen and oxygen atoms in total. The van der Waals surface area contributed by atoms with Gasteiger partial charge >= 0.3 is 6.36 Å². The number of rotatable bonds is 3. The smallest absolute Gasteiger partial charge is 0.504 e. The highest BCUT2D eigenvalue weighted by atomic mass is 19.4. The molecule has 0 fully saturated rings. The summed E-state index contributed by atoms with van der Waals surface area (Å²) in [7, 11) is 0. The summed E-state index contributed by atoms with van der Waals surface area (Å²) in [5.41, 5.74) is 0.284. The van der Waals surface area contributed by atoms with Crippen LogP contribution in [0, 0.1) is 11.3 Å². The molecular formula is C15H8F3NO3. The van der Waals surface area contributed by atoms with Crippen LogP contribution in [-0.4, -0.2) is 17.3 Å². The van der Waals surface area contributed by atoms with Gasteiger partial charge in [0.05, 0.1) is 11.6 Å². The number of ether oxygens (including phenoxy) is 1. The highest BCUT2D eigenvalue weighted by Gasteiger charge is 2.32. The van der Waals surface area contributed by atoms with Gasteiger partial charge in [-0.25, -0.2) is 0 Å². The summed E-state index contributed by atoms with van der Waals surface area (Å²) < 4.78 is 40.3. The van der Waals surface area contributed by atoms with Crippen LogP contribution in [0.25, 0.3) is 0 Å². The van der Waals surface area contributed by atoms with Crippen LogP contribution in [0.1, 0.15) is 21.5 Å². The number of hydrogen-bond donors (Lipinski definition) is 1. The molecule has 0 aliphatic rings. The molecule has 2 aromatic rings. The average molecular weight is 307 g/mol. The quantitative estimate of drug-likeness (QED) is 0.882. The first-order chi connectivity index (χ1) is 10.3. The lowest BCUT2D eigenvalue weighted by Gasteiger charge is -2.11. The molecule has 0 unspecified atom stereocenters.